The van der Waals surface area contributed by atoms with Crippen LogP contribution in [0.25, 0.3) is 0 Å². The Morgan fingerprint density at radius 1 is 1.12 bits per heavy atom. The van der Waals surface area contributed by atoms with Crippen LogP contribution < -0.4 is 4.74 Å². The van der Waals surface area contributed by atoms with Crippen molar-refractivity contribution >= 4 is 27.5 Å². The molecule has 0 bridgehead atoms. The van der Waals surface area contributed by atoms with Gasteiger partial charge in [0.1, 0.15) is 12.4 Å². The zero-order valence-electron chi connectivity index (χ0n) is 9.41. The van der Waals surface area contributed by atoms with Crippen molar-refractivity contribution in [1.82, 2.24) is 0 Å². The van der Waals surface area contributed by atoms with Crippen LogP contribution in [-0.4, -0.2) is 0 Å². The highest BCUT2D eigenvalue weighted by Gasteiger charge is 1.99. The van der Waals surface area contributed by atoms with E-state index in [4.69, 9.17) is 16.3 Å². The van der Waals surface area contributed by atoms with Crippen molar-refractivity contribution in [2.75, 3.05) is 0 Å². The predicted octanol–water partition coefficient (Wildman–Crippen LogP) is 4.99. The topological polar surface area (TPSA) is 9.23 Å². The van der Waals surface area contributed by atoms with Gasteiger partial charge in [-0.25, -0.2) is 0 Å². The second-order valence-corrected chi connectivity index (χ2v) is 5.12. The van der Waals surface area contributed by atoms with Gasteiger partial charge >= 0.3 is 0 Å². The lowest BCUT2D eigenvalue weighted by atomic mass is 10.2. The molecule has 0 spiro atoms. The maximum atomic E-state index is 5.82. The Labute approximate surface area is 115 Å². The molecule has 3 heteroatoms. The first-order valence-corrected chi connectivity index (χ1v) is 6.45. The van der Waals surface area contributed by atoms with Gasteiger partial charge in [0.15, 0.2) is 0 Å². The van der Waals surface area contributed by atoms with Crippen molar-refractivity contribution in [3.8, 4) is 5.75 Å². The number of benzene rings is 2. The largest absolute Gasteiger partial charge is 0.489 e. The summed E-state index contributed by atoms with van der Waals surface area (Å²) in [6.07, 6.45) is 0. The lowest BCUT2D eigenvalue weighted by Gasteiger charge is -2.08. The molecule has 0 amide bonds. The van der Waals surface area contributed by atoms with E-state index in [1.807, 2.05) is 49.4 Å². The molecule has 0 saturated carbocycles. The standard InChI is InChI=1S/C14H12BrClO/c1-10-8-13(6-7-14(10)15)17-9-11-2-4-12(16)5-3-11/h2-8H,9H2,1H3. The van der Waals surface area contributed by atoms with Crippen LogP contribution in [0, 0.1) is 6.92 Å². The molecule has 1 nitrogen and oxygen atoms in total. The van der Waals surface area contributed by atoms with Gasteiger partial charge in [0.25, 0.3) is 0 Å². The first-order chi connectivity index (χ1) is 8.15. The molecule has 0 aliphatic carbocycles. The molecule has 0 aliphatic heterocycles. The van der Waals surface area contributed by atoms with Crippen molar-refractivity contribution in [3.05, 3.63) is 63.1 Å². The highest BCUT2D eigenvalue weighted by molar-refractivity contribution is 9.10. The van der Waals surface area contributed by atoms with Gasteiger partial charge in [0.05, 0.1) is 0 Å². The summed E-state index contributed by atoms with van der Waals surface area (Å²) in [4.78, 5) is 0. The lowest BCUT2D eigenvalue weighted by Crippen LogP contribution is -1.95. The van der Waals surface area contributed by atoms with Crippen LogP contribution >= 0.6 is 27.5 Å². The van der Waals surface area contributed by atoms with E-state index in [0.29, 0.717) is 6.61 Å². The van der Waals surface area contributed by atoms with Gasteiger partial charge in [-0.3, -0.25) is 0 Å². The summed E-state index contributed by atoms with van der Waals surface area (Å²) in [5.41, 5.74) is 2.27. The molecule has 88 valence electrons. The minimum atomic E-state index is 0.554. The van der Waals surface area contributed by atoms with Crippen LogP contribution in [0.3, 0.4) is 0 Å². The number of rotatable bonds is 3. The highest BCUT2D eigenvalue weighted by Crippen LogP contribution is 2.22. The fraction of sp³-hybridized carbons (Fsp3) is 0.143. The predicted molar refractivity (Wildman–Crippen MR) is 74.7 cm³/mol. The van der Waals surface area contributed by atoms with Crippen molar-refractivity contribution in [2.45, 2.75) is 13.5 Å². The first-order valence-electron chi connectivity index (χ1n) is 5.28. The summed E-state index contributed by atoms with van der Waals surface area (Å²) in [6, 6.07) is 13.6. The molecule has 2 aromatic carbocycles. The van der Waals surface area contributed by atoms with Gasteiger partial charge in [-0.15, -0.1) is 0 Å². The molecule has 0 heterocycles. The van der Waals surface area contributed by atoms with Gasteiger partial charge < -0.3 is 4.74 Å². The summed E-state index contributed by atoms with van der Waals surface area (Å²) in [5, 5.41) is 0.744. The Morgan fingerprint density at radius 2 is 1.82 bits per heavy atom. The molecule has 17 heavy (non-hydrogen) atoms. The Morgan fingerprint density at radius 3 is 2.47 bits per heavy atom. The van der Waals surface area contributed by atoms with Crippen LogP contribution in [0.4, 0.5) is 0 Å². The molecule has 0 radical (unpaired) electrons. The summed E-state index contributed by atoms with van der Waals surface area (Å²) in [7, 11) is 0. The van der Waals surface area contributed by atoms with E-state index in [0.717, 1.165) is 20.8 Å². The second kappa shape index (κ2) is 5.56. The number of ether oxygens (including phenoxy) is 1. The average molecular weight is 312 g/mol. The van der Waals surface area contributed by atoms with Crippen molar-refractivity contribution in [3.63, 3.8) is 0 Å². The Balaban J connectivity index is 2.02. The van der Waals surface area contributed by atoms with Crippen LogP contribution in [0.5, 0.6) is 5.75 Å². The molecule has 0 unspecified atom stereocenters. The van der Waals surface area contributed by atoms with E-state index in [2.05, 4.69) is 15.9 Å². The van der Waals surface area contributed by atoms with E-state index < -0.39 is 0 Å². The SMILES string of the molecule is Cc1cc(OCc2ccc(Cl)cc2)ccc1Br. The Kier molecular flexibility index (Phi) is 4.08. The zero-order chi connectivity index (χ0) is 12.3. The summed E-state index contributed by atoms with van der Waals surface area (Å²) < 4.78 is 6.80. The van der Waals surface area contributed by atoms with Crippen LogP contribution in [-0.2, 0) is 6.61 Å². The average Bonchev–Trinajstić information content (AvgIpc) is 2.33. The first kappa shape index (κ1) is 12.5. The van der Waals surface area contributed by atoms with Gasteiger partial charge in [-0.05, 0) is 48.4 Å². The maximum Gasteiger partial charge on any atom is 0.120 e. The smallest absolute Gasteiger partial charge is 0.120 e. The van der Waals surface area contributed by atoms with Crippen LogP contribution in [0.15, 0.2) is 46.9 Å². The molecule has 0 fully saturated rings. The van der Waals surface area contributed by atoms with E-state index in [9.17, 15) is 0 Å². The summed E-state index contributed by atoms with van der Waals surface area (Å²) in [5.74, 6) is 0.876. The second-order valence-electron chi connectivity index (χ2n) is 3.83. The van der Waals surface area contributed by atoms with Gasteiger partial charge in [-0.2, -0.15) is 0 Å². The van der Waals surface area contributed by atoms with Gasteiger partial charge in [-0.1, -0.05) is 39.7 Å². The molecular weight excluding hydrogens is 300 g/mol. The van der Waals surface area contributed by atoms with E-state index in [-0.39, 0.29) is 0 Å². The summed E-state index contributed by atoms with van der Waals surface area (Å²) in [6.45, 7) is 2.59. The van der Waals surface area contributed by atoms with E-state index >= 15 is 0 Å². The van der Waals surface area contributed by atoms with Crippen molar-refractivity contribution in [2.24, 2.45) is 0 Å². The van der Waals surface area contributed by atoms with Crippen LogP contribution in [0.2, 0.25) is 5.02 Å². The normalized spacial score (nSPS) is 10.3. The molecule has 2 aromatic rings. The fourth-order valence-corrected chi connectivity index (χ4v) is 1.83. The third kappa shape index (κ3) is 3.48. The number of hydrogen-bond donors (Lipinski definition) is 0. The Bertz CT molecular complexity index is 508. The minimum absolute atomic E-state index is 0.554. The molecule has 0 N–H and O–H groups in total. The van der Waals surface area contributed by atoms with E-state index in [1.165, 1.54) is 5.56 Å². The molecule has 0 aromatic heterocycles. The third-order valence-electron chi connectivity index (χ3n) is 2.45. The molecule has 0 atom stereocenters. The summed E-state index contributed by atoms with van der Waals surface area (Å²) >= 11 is 9.28. The Hall–Kier alpha value is -0.990. The molecule has 0 aliphatic rings. The monoisotopic (exact) mass is 310 g/mol. The fourth-order valence-electron chi connectivity index (χ4n) is 1.45. The number of hydrogen-bond acceptors (Lipinski definition) is 1. The maximum absolute atomic E-state index is 5.82. The lowest BCUT2D eigenvalue weighted by molar-refractivity contribution is 0.306. The van der Waals surface area contributed by atoms with Gasteiger partial charge in [0, 0.05) is 9.50 Å². The van der Waals surface area contributed by atoms with Crippen LogP contribution in [0.1, 0.15) is 11.1 Å². The minimum Gasteiger partial charge on any atom is -0.489 e. The highest BCUT2D eigenvalue weighted by atomic mass is 79.9. The number of halogens is 2. The van der Waals surface area contributed by atoms with Crippen molar-refractivity contribution < 1.29 is 4.74 Å². The molecule has 2 rings (SSSR count). The number of aryl methyl sites for hydroxylation is 1. The van der Waals surface area contributed by atoms with Crippen molar-refractivity contribution in [1.29, 1.82) is 0 Å². The van der Waals surface area contributed by atoms with E-state index in [1.54, 1.807) is 0 Å². The third-order valence-corrected chi connectivity index (χ3v) is 3.59. The molecule has 0 saturated heterocycles. The molecular formula is C14H12BrClO. The zero-order valence-corrected chi connectivity index (χ0v) is 11.8. The quantitative estimate of drug-likeness (QED) is 0.776. The van der Waals surface area contributed by atoms with Gasteiger partial charge in [0.2, 0.25) is 0 Å².